The van der Waals surface area contributed by atoms with Crippen LogP contribution in [0.4, 0.5) is 0 Å². The van der Waals surface area contributed by atoms with Crippen molar-refractivity contribution < 1.29 is 0 Å². The van der Waals surface area contributed by atoms with Crippen LogP contribution in [0.3, 0.4) is 0 Å². The Balaban J connectivity index is 1.54. The van der Waals surface area contributed by atoms with Crippen LogP contribution in [0.15, 0.2) is 12.2 Å². The first-order chi connectivity index (χ1) is 7.88. The highest BCUT2D eigenvalue weighted by Gasteiger charge is 2.59. The Labute approximate surface area is 98.9 Å². The molecule has 0 spiro atoms. The highest BCUT2D eigenvalue weighted by molar-refractivity contribution is 5.22. The van der Waals surface area contributed by atoms with E-state index < -0.39 is 0 Å². The molecule has 3 fully saturated rings. The van der Waals surface area contributed by atoms with Crippen LogP contribution >= 0.6 is 0 Å². The molecule has 2 aliphatic heterocycles. The lowest BCUT2D eigenvalue weighted by molar-refractivity contribution is 0.120. The Bertz CT molecular complexity index is 321. The standard InChI is InChI=1S/C15H23N/c1-2-3-4-13-8-12-9-16(13)15-11-6-5-10(7-11)14(12)15/h5-6,10-15H,2-4,7-9H2,1H3. The molecule has 2 saturated heterocycles. The zero-order chi connectivity index (χ0) is 10.7. The first-order valence-corrected chi connectivity index (χ1v) is 7.32. The van der Waals surface area contributed by atoms with Gasteiger partial charge in [-0.05, 0) is 42.9 Å². The van der Waals surface area contributed by atoms with E-state index in [0.717, 1.165) is 35.8 Å². The van der Waals surface area contributed by atoms with Crippen molar-refractivity contribution in [3.8, 4) is 0 Å². The van der Waals surface area contributed by atoms with Gasteiger partial charge in [0.25, 0.3) is 0 Å². The third-order valence-electron chi connectivity index (χ3n) is 5.78. The molecule has 88 valence electrons. The number of nitrogens with zero attached hydrogens (tertiary/aromatic N) is 1. The van der Waals surface area contributed by atoms with Gasteiger partial charge in [-0.3, -0.25) is 4.90 Å². The molecular formula is C15H23N. The van der Waals surface area contributed by atoms with Gasteiger partial charge in [-0.25, -0.2) is 0 Å². The van der Waals surface area contributed by atoms with Crippen LogP contribution in [-0.4, -0.2) is 23.5 Å². The van der Waals surface area contributed by atoms with Gasteiger partial charge in [-0.1, -0.05) is 31.9 Å². The lowest BCUT2D eigenvalue weighted by Gasteiger charge is -2.38. The van der Waals surface area contributed by atoms with E-state index in [1.165, 1.54) is 38.6 Å². The maximum Gasteiger partial charge on any atom is 0.0198 e. The van der Waals surface area contributed by atoms with E-state index in [4.69, 9.17) is 0 Å². The van der Waals surface area contributed by atoms with Gasteiger partial charge in [0, 0.05) is 18.6 Å². The van der Waals surface area contributed by atoms with Crippen molar-refractivity contribution >= 4 is 0 Å². The van der Waals surface area contributed by atoms with Crippen molar-refractivity contribution in [2.75, 3.05) is 6.54 Å². The molecule has 4 bridgehead atoms. The van der Waals surface area contributed by atoms with Gasteiger partial charge in [0.05, 0.1) is 0 Å². The molecule has 0 radical (unpaired) electrons. The molecule has 0 amide bonds. The topological polar surface area (TPSA) is 3.24 Å². The van der Waals surface area contributed by atoms with Gasteiger partial charge in [-0.15, -0.1) is 0 Å². The summed E-state index contributed by atoms with van der Waals surface area (Å²) >= 11 is 0. The summed E-state index contributed by atoms with van der Waals surface area (Å²) in [5.41, 5.74) is 0. The van der Waals surface area contributed by atoms with E-state index in [-0.39, 0.29) is 0 Å². The number of hydrogen-bond acceptors (Lipinski definition) is 1. The molecule has 1 saturated carbocycles. The summed E-state index contributed by atoms with van der Waals surface area (Å²) < 4.78 is 0. The number of fused-ring (bicyclic) bond motifs is 9. The largest absolute Gasteiger partial charge is 0.296 e. The quantitative estimate of drug-likeness (QED) is 0.657. The third kappa shape index (κ3) is 1.11. The fourth-order valence-electron chi connectivity index (χ4n) is 5.28. The number of piperidine rings is 1. The molecule has 1 nitrogen and oxygen atoms in total. The maximum atomic E-state index is 2.92. The Morgan fingerprint density at radius 2 is 2.06 bits per heavy atom. The first-order valence-electron chi connectivity index (χ1n) is 7.32. The number of rotatable bonds is 3. The first kappa shape index (κ1) is 9.70. The van der Waals surface area contributed by atoms with E-state index in [9.17, 15) is 0 Å². The van der Waals surface area contributed by atoms with Crippen molar-refractivity contribution in [2.24, 2.45) is 23.7 Å². The second kappa shape index (κ2) is 3.35. The van der Waals surface area contributed by atoms with Crippen LogP contribution in [-0.2, 0) is 0 Å². The zero-order valence-electron chi connectivity index (χ0n) is 10.3. The molecule has 2 aliphatic carbocycles. The molecule has 0 aromatic heterocycles. The second-order valence-corrected chi connectivity index (χ2v) is 6.50. The minimum atomic E-state index is 0.935. The van der Waals surface area contributed by atoms with Gasteiger partial charge in [0.15, 0.2) is 0 Å². The average molecular weight is 217 g/mol. The molecule has 7 atom stereocenters. The van der Waals surface area contributed by atoms with Crippen molar-refractivity contribution in [3.63, 3.8) is 0 Å². The SMILES string of the molecule is CCCCC1CC2CN1C1C3C=CC(C3)C21. The molecule has 7 unspecified atom stereocenters. The van der Waals surface area contributed by atoms with E-state index in [1.807, 2.05) is 0 Å². The Morgan fingerprint density at radius 3 is 2.94 bits per heavy atom. The molecule has 4 rings (SSSR count). The average Bonchev–Trinajstić information content (AvgIpc) is 3.02. The van der Waals surface area contributed by atoms with E-state index >= 15 is 0 Å². The molecule has 0 N–H and O–H groups in total. The summed E-state index contributed by atoms with van der Waals surface area (Å²) in [5, 5.41) is 0. The van der Waals surface area contributed by atoms with Crippen LogP contribution < -0.4 is 0 Å². The smallest absolute Gasteiger partial charge is 0.0198 e. The van der Waals surface area contributed by atoms with E-state index in [2.05, 4.69) is 24.0 Å². The van der Waals surface area contributed by atoms with Gasteiger partial charge < -0.3 is 0 Å². The molecule has 4 aliphatic rings. The third-order valence-corrected chi connectivity index (χ3v) is 5.78. The van der Waals surface area contributed by atoms with Crippen LogP contribution in [0.25, 0.3) is 0 Å². The minimum absolute atomic E-state index is 0.935. The number of unbranched alkanes of at least 4 members (excludes halogenated alkanes) is 1. The van der Waals surface area contributed by atoms with E-state index in [0.29, 0.717) is 0 Å². The lowest BCUT2D eigenvalue weighted by atomic mass is 9.77. The van der Waals surface area contributed by atoms with Crippen molar-refractivity contribution in [1.82, 2.24) is 4.90 Å². The summed E-state index contributed by atoms with van der Waals surface area (Å²) in [5.74, 6) is 4.03. The summed E-state index contributed by atoms with van der Waals surface area (Å²) in [6.07, 6.45) is 12.4. The normalized spacial score (nSPS) is 56.2. The molecule has 1 heteroatoms. The molecule has 0 aromatic carbocycles. The zero-order valence-corrected chi connectivity index (χ0v) is 10.3. The van der Waals surface area contributed by atoms with Crippen molar-refractivity contribution in [2.45, 2.75) is 51.1 Å². The lowest BCUT2D eigenvalue weighted by Crippen LogP contribution is -2.44. The maximum absolute atomic E-state index is 2.92. The Morgan fingerprint density at radius 1 is 1.19 bits per heavy atom. The number of hydrogen-bond donors (Lipinski definition) is 0. The minimum Gasteiger partial charge on any atom is -0.296 e. The Hall–Kier alpha value is -0.300. The predicted molar refractivity (Wildman–Crippen MR) is 66.1 cm³/mol. The molecule has 0 aromatic rings. The number of allylic oxidation sites excluding steroid dienone is 1. The van der Waals surface area contributed by atoms with Gasteiger partial charge in [-0.2, -0.15) is 0 Å². The fourth-order valence-corrected chi connectivity index (χ4v) is 5.28. The van der Waals surface area contributed by atoms with Gasteiger partial charge >= 0.3 is 0 Å². The van der Waals surface area contributed by atoms with E-state index in [1.54, 1.807) is 0 Å². The van der Waals surface area contributed by atoms with Crippen molar-refractivity contribution in [3.05, 3.63) is 12.2 Å². The molecular weight excluding hydrogens is 194 g/mol. The highest BCUT2D eigenvalue weighted by Crippen LogP contribution is 2.58. The Kier molecular flexibility index (Phi) is 2.03. The summed E-state index contributed by atoms with van der Waals surface area (Å²) in [6, 6.07) is 1.93. The van der Waals surface area contributed by atoms with Crippen LogP contribution in [0.1, 0.15) is 39.0 Å². The summed E-state index contributed by atoms with van der Waals surface area (Å²) in [7, 11) is 0. The van der Waals surface area contributed by atoms with Crippen LogP contribution in [0.2, 0.25) is 0 Å². The van der Waals surface area contributed by atoms with Crippen molar-refractivity contribution in [1.29, 1.82) is 0 Å². The van der Waals surface area contributed by atoms with Crippen LogP contribution in [0.5, 0.6) is 0 Å². The predicted octanol–water partition coefficient (Wildman–Crippen LogP) is 3.07. The second-order valence-electron chi connectivity index (χ2n) is 6.50. The van der Waals surface area contributed by atoms with Gasteiger partial charge in [0.1, 0.15) is 0 Å². The summed E-state index contributed by atoms with van der Waals surface area (Å²) in [6.45, 7) is 3.77. The summed E-state index contributed by atoms with van der Waals surface area (Å²) in [4.78, 5) is 2.92. The monoisotopic (exact) mass is 217 g/mol. The van der Waals surface area contributed by atoms with Gasteiger partial charge in [0.2, 0.25) is 0 Å². The van der Waals surface area contributed by atoms with Crippen LogP contribution in [0, 0.1) is 23.7 Å². The molecule has 2 heterocycles. The molecule has 16 heavy (non-hydrogen) atoms. The highest BCUT2D eigenvalue weighted by atomic mass is 15.3. The fraction of sp³-hybridized carbons (Fsp3) is 0.867.